The summed E-state index contributed by atoms with van der Waals surface area (Å²) in [5.74, 6) is 1.25. The van der Waals surface area contributed by atoms with E-state index < -0.39 is 0 Å². The number of rotatable bonds is 2. The summed E-state index contributed by atoms with van der Waals surface area (Å²) >= 11 is 0. The predicted octanol–water partition coefficient (Wildman–Crippen LogP) is 5.34. The first-order valence-corrected chi connectivity index (χ1v) is 9.57. The standard InChI is InChI=1S/C21H33NO/c1-16-22-15-14-20(21(2,3)23-16)19-12-10-18(11-13-19)17-8-6-4-5-7-9-17/h10-13,16-17,20,22H,4-9,14-15H2,1-3H3. The van der Waals surface area contributed by atoms with Gasteiger partial charge in [-0.15, -0.1) is 0 Å². The minimum atomic E-state index is -0.118. The lowest BCUT2D eigenvalue weighted by Gasteiger charge is -2.34. The maximum absolute atomic E-state index is 6.22. The highest BCUT2D eigenvalue weighted by molar-refractivity contribution is 5.29. The molecule has 2 heteroatoms. The third kappa shape index (κ3) is 4.16. The van der Waals surface area contributed by atoms with Gasteiger partial charge < -0.3 is 4.74 Å². The lowest BCUT2D eigenvalue weighted by atomic mass is 9.81. The fourth-order valence-electron chi connectivity index (χ4n) is 4.54. The SMILES string of the molecule is CC1NCCC(c2ccc(C3CCCCCC3)cc2)C(C)(C)O1. The summed E-state index contributed by atoms with van der Waals surface area (Å²) in [5, 5.41) is 3.45. The molecule has 0 amide bonds. The van der Waals surface area contributed by atoms with Gasteiger partial charge in [-0.1, -0.05) is 49.9 Å². The lowest BCUT2D eigenvalue weighted by molar-refractivity contribution is -0.0787. The number of nitrogens with one attached hydrogen (secondary N) is 1. The van der Waals surface area contributed by atoms with E-state index in [-0.39, 0.29) is 11.8 Å². The summed E-state index contributed by atoms with van der Waals surface area (Å²) in [6, 6.07) is 9.52. The maximum Gasteiger partial charge on any atom is 0.106 e. The average Bonchev–Trinajstić information content (AvgIpc) is 2.86. The van der Waals surface area contributed by atoms with E-state index in [1.807, 2.05) is 0 Å². The molecule has 1 aromatic rings. The van der Waals surface area contributed by atoms with Gasteiger partial charge in [-0.25, -0.2) is 0 Å². The third-order valence-corrected chi connectivity index (χ3v) is 5.85. The Kier molecular flexibility index (Phi) is 5.43. The van der Waals surface area contributed by atoms with Crippen LogP contribution in [-0.2, 0) is 4.74 Å². The van der Waals surface area contributed by atoms with Crippen molar-refractivity contribution in [2.75, 3.05) is 6.54 Å². The van der Waals surface area contributed by atoms with Gasteiger partial charge in [0.1, 0.15) is 6.23 Å². The van der Waals surface area contributed by atoms with Gasteiger partial charge in [0.15, 0.2) is 0 Å². The maximum atomic E-state index is 6.22. The van der Waals surface area contributed by atoms with Gasteiger partial charge in [0.2, 0.25) is 0 Å². The summed E-state index contributed by atoms with van der Waals surface area (Å²) < 4.78 is 6.22. The lowest BCUT2D eigenvalue weighted by Crippen LogP contribution is -2.36. The zero-order valence-electron chi connectivity index (χ0n) is 15.1. The Morgan fingerprint density at radius 1 is 0.913 bits per heavy atom. The van der Waals surface area contributed by atoms with Crippen LogP contribution in [0, 0.1) is 0 Å². The van der Waals surface area contributed by atoms with Crippen LogP contribution >= 0.6 is 0 Å². The molecule has 128 valence electrons. The van der Waals surface area contributed by atoms with Crippen LogP contribution < -0.4 is 5.32 Å². The van der Waals surface area contributed by atoms with E-state index in [0.29, 0.717) is 5.92 Å². The van der Waals surface area contributed by atoms with Gasteiger partial charge in [-0.2, -0.15) is 0 Å². The molecule has 0 spiro atoms. The van der Waals surface area contributed by atoms with Crippen LogP contribution in [0.15, 0.2) is 24.3 Å². The van der Waals surface area contributed by atoms with Crippen molar-refractivity contribution in [3.63, 3.8) is 0 Å². The zero-order valence-corrected chi connectivity index (χ0v) is 15.1. The van der Waals surface area contributed by atoms with Crippen molar-refractivity contribution >= 4 is 0 Å². The van der Waals surface area contributed by atoms with Crippen LogP contribution in [-0.4, -0.2) is 18.4 Å². The van der Waals surface area contributed by atoms with E-state index in [0.717, 1.165) is 18.9 Å². The summed E-state index contributed by atoms with van der Waals surface area (Å²) in [5.41, 5.74) is 2.87. The summed E-state index contributed by atoms with van der Waals surface area (Å²) in [7, 11) is 0. The molecule has 2 aliphatic rings. The fraction of sp³-hybridized carbons (Fsp3) is 0.714. The molecule has 1 aliphatic carbocycles. The minimum absolute atomic E-state index is 0.118. The molecule has 2 nitrogen and oxygen atoms in total. The van der Waals surface area contributed by atoms with Crippen molar-refractivity contribution in [2.24, 2.45) is 0 Å². The molecule has 2 atom stereocenters. The van der Waals surface area contributed by atoms with Gasteiger partial charge in [-0.05, 0) is 63.6 Å². The van der Waals surface area contributed by atoms with Crippen molar-refractivity contribution in [2.45, 2.75) is 89.4 Å². The Labute approximate surface area is 142 Å². The van der Waals surface area contributed by atoms with E-state index in [4.69, 9.17) is 4.74 Å². The highest BCUT2D eigenvalue weighted by atomic mass is 16.5. The van der Waals surface area contributed by atoms with Crippen molar-refractivity contribution in [3.05, 3.63) is 35.4 Å². The molecule has 1 saturated heterocycles. The highest BCUT2D eigenvalue weighted by Crippen LogP contribution is 2.38. The normalized spacial score (nSPS) is 29.7. The monoisotopic (exact) mass is 315 g/mol. The Hall–Kier alpha value is -0.860. The topological polar surface area (TPSA) is 21.3 Å². The quantitative estimate of drug-likeness (QED) is 0.744. The van der Waals surface area contributed by atoms with E-state index >= 15 is 0 Å². The molecule has 3 rings (SSSR count). The van der Waals surface area contributed by atoms with Crippen molar-refractivity contribution in [3.8, 4) is 0 Å². The Bertz CT molecular complexity index is 485. The molecular formula is C21H33NO. The summed E-state index contributed by atoms with van der Waals surface area (Å²) in [4.78, 5) is 0. The minimum Gasteiger partial charge on any atom is -0.357 e. The molecule has 1 saturated carbocycles. The van der Waals surface area contributed by atoms with Crippen molar-refractivity contribution < 1.29 is 4.74 Å². The average molecular weight is 316 g/mol. The van der Waals surface area contributed by atoms with Crippen LogP contribution in [0.3, 0.4) is 0 Å². The third-order valence-electron chi connectivity index (χ3n) is 5.85. The molecule has 0 aromatic heterocycles. The van der Waals surface area contributed by atoms with E-state index in [2.05, 4.69) is 50.4 Å². The van der Waals surface area contributed by atoms with Crippen LogP contribution in [0.5, 0.6) is 0 Å². The zero-order chi connectivity index (χ0) is 16.3. The molecular weight excluding hydrogens is 282 g/mol. The first kappa shape index (κ1) is 17.0. The molecule has 23 heavy (non-hydrogen) atoms. The molecule has 2 unspecified atom stereocenters. The summed E-state index contributed by atoms with van der Waals surface area (Å²) in [6.07, 6.45) is 9.68. The molecule has 1 aliphatic heterocycles. The van der Waals surface area contributed by atoms with E-state index in [1.54, 1.807) is 5.56 Å². The van der Waals surface area contributed by atoms with E-state index in [9.17, 15) is 0 Å². The van der Waals surface area contributed by atoms with Crippen molar-refractivity contribution in [1.82, 2.24) is 5.32 Å². The molecule has 0 bridgehead atoms. The first-order chi connectivity index (χ1) is 11.1. The van der Waals surface area contributed by atoms with Crippen molar-refractivity contribution in [1.29, 1.82) is 0 Å². The van der Waals surface area contributed by atoms with Crippen LogP contribution in [0.25, 0.3) is 0 Å². The Balaban J connectivity index is 1.75. The fourth-order valence-corrected chi connectivity index (χ4v) is 4.54. The number of hydrogen-bond acceptors (Lipinski definition) is 2. The second-order valence-corrected chi connectivity index (χ2v) is 8.01. The second-order valence-electron chi connectivity index (χ2n) is 8.01. The largest absolute Gasteiger partial charge is 0.357 e. The van der Waals surface area contributed by atoms with E-state index in [1.165, 1.54) is 44.1 Å². The second kappa shape index (κ2) is 7.36. The Morgan fingerprint density at radius 3 is 2.17 bits per heavy atom. The van der Waals surface area contributed by atoms with Gasteiger partial charge in [0.05, 0.1) is 5.60 Å². The van der Waals surface area contributed by atoms with Crippen LogP contribution in [0.4, 0.5) is 0 Å². The van der Waals surface area contributed by atoms with Crippen LogP contribution in [0.1, 0.15) is 88.7 Å². The number of ether oxygens (including phenoxy) is 1. The predicted molar refractivity (Wildman–Crippen MR) is 96.9 cm³/mol. The molecule has 2 fully saturated rings. The van der Waals surface area contributed by atoms with Gasteiger partial charge in [0.25, 0.3) is 0 Å². The number of benzene rings is 1. The summed E-state index contributed by atoms with van der Waals surface area (Å²) in [6.45, 7) is 7.61. The van der Waals surface area contributed by atoms with Gasteiger partial charge >= 0.3 is 0 Å². The molecule has 0 radical (unpaired) electrons. The van der Waals surface area contributed by atoms with Gasteiger partial charge in [0, 0.05) is 5.92 Å². The molecule has 1 aromatic carbocycles. The molecule has 1 N–H and O–H groups in total. The van der Waals surface area contributed by atoms with Gasteiger partial charge in [-0.3, -0.25) is 5.32 Å². The molecule has 1 heterocycles. The van der Waals surface area contributed by atoms with Crippen LogP contribution in [0.2, 0.25) is 0 Å². The number of hydrogen-bond donors (Lipinski definition) is 1. The highest BCUT2D eigenvalue weighted by Gasteiger charge is 2.35. The smallest absolute Gasteiger partial charge is 0.106 e. The first-order valence-electron chi connectivity index (χ1n) is 9.57. The Morgan fingerprint density at radius 2 is 1.52 bits per heavy atom.